The van der Waals surface area contributed by atoms with Gasteiger partial charge in [0.05, 0.1) is 5.57 Å². The van der Waals surface area contributed by atoms with Gasteiger partial charge in [0, 0.05) is 30.9 Å². The lowest BCUT2D eigenvalue weighted by molar-refractivity contribution is -0.124. The number of hydrogen-bond donors (Lipinski definition) is 0. The summed E-state index contributed by atoms with van der Waals surface area (Å²) in [6.07, 6.45) is -1.88. The number of carbonyl (C=O) groups is 1. The Bertz CT molecular complexity index is 834. The van der Waals surface area contributed by atoms with Gasteiger partial charge in [-0.25, -0.2) is 5.01 Å². The summed E-state index contributed by atoms with van der Waals surface area (Å²) in [5.41, 5.74) is 0.907. The summed E-state index contributed by atoms with van der Waals surface area (Å²) in [7, 11) is 3.07. The lowest BCUT2D eigenvalue weighted by Crippen LogP contribution is -2.25. The molecule has 2 aliphatic heterocycles. The van der Waals surface area contributed by atoms with Gasteiger partial charge in [-0.05, 0) is 23.8 Å². The summed E-state index contributed by atoms with van der Waals surface area (Å²) in [4.78, 5) is 14.0. The first-order chi connectivity index (χ1) is 11.5. The van der Waals surface area contributed by atoms with Crippen LogP contribution in [0.2, 0.25) is 0 Å². The number of anilines is 1. The largest absolute Gasteiger partial charge is 0.435 e. The minimum absolute atomic E-state index is 0.383. The average molecular weight is 349 g/mol. The molecule has 2 heterocycles. The maximum absolute atomic E-state index is 13.1. The predicted octanol–water partition coefficient (Wildman–Crippen LogP) is 3.61. The van der Waals surface area contributed by atoms with Gasteiger partial charge in [-0.3, -0.25) is 4.79 Å². The maximum atomic E-state index is 13.1. The van der Waals surface area contributed by atoms with Gasteiger partial charge >= 0.3 is 6.18 Å². The van der Waals surface area contributed by atoms with E-state index in [1.54, 1.807) is 6.08 Å². The maximum Gasteiger partial charge on any atom is 0.435 e. The zero-order chi connectivity index (χ0) is 18.6. The van der Waals surface area contributed by atoms with E-state index < -0.39 is 23.4 Å². The van der Waals surface area contributed by atoms with Crippen LogP contribution in [0.3, 0.4) is 0 Å². The lowest BCUT2D eigenvalue weighted by Gasteiger charge is -2.23. The van der Waals surface area contributed by atoms with Crippen molar-refractivity contribution in [2.24, 2.45) is 5.10 Å². The van der Waals surface area contributed by atoms with E-state index in [0.29, 0.717) is 5.01 Å². The van der Waals surface area contributed by atoms with Crippen molar-refractivity contribution in [2.45, 2.75) is 25.4 Å². The molecule has 0 aliphatic carbocycles. The fourth-order valence-electron chi connectivity index (χ4n) is 3.35. The van der Waals surface area contributed by atoms with E-state index in [1.807, 2.05) is 50.1 Å². The first-order valence-corrected chi connectivity index (χ1v) is 7.75. The molecule has 1 aromatic rings. The first-order valence-electron chi connectivity index (χ1n) is 7.75. The first kappa shape index (κ1) is 17.3. The van der Waals surface area contributed by atoms with E-state index in [4.69, 9.17) is 0 Å². The molecular weight excluding hydrogens is 331 g/mol. The van der Waals surface area contributed by atoms with E-state index in [-0.39, 0.29) is 5.41 Å². The van der Waals surface area contributed by atoms with Gasteiger partial charge in [-0.1, -0.05) is 32.0 Å². The lowest BCUT2D eigenvalue weighted by atomic mass is 9.83. The number of nitrogens with zero attached hydrogens (tertiary/aromatic N) is 3. The Morgan fingerprint density at radius 3 is 2.36 bits per heavy atom. The van der Waals surface area contributed by atoms with Crippen molar-refractivity contribution in [3.05, 3.63) is 53.3 Å². The number of amides is 1. The summed E-state index contributed by atoms with van der Waals surface area (Å²) >= 11 is 0. The Labute approximate surface area is 143 Å². The molecule has 132 valence electrons. The highest BCUT2D eigenvalue weighted by molar-refractivity contribution is 6.26. The van der Waals surface area contributed by atoms with Gasteiger partial charge in [0.1, 0.15) is 0 Å². The standard InChI is InChI=1S/C18H18F3N3O/c1-17(2)12-7-5-6-8-13(12)23(3)14(17)10-9-11-15(18(19,20)21)22-24(4)16(11)25/h5-10H,1-4H3/b11-9-,14-10+. The smallest absolute Gasteiger partial charge is 0.347 e. The van der Waals surface area contributed by atoms with Crippen LogP contribution in [0.5, 0.6) is 0 Å². The summed E-state index contributed by atoms with van der Waals surface area (Å²) in [6.45, 7) is 4.00. The zero-order valence-electron chi connectivity index (χ0n) is 14.3. The molecule has 0 spiro atoms. The highest BCUT2D eigenvalue weighted by Gasteiger charge is 2.45. The highest BCUT2D eigenvalue weighted by atomic mass is 19.4. The van der Waals surface area contributed by atoms with Crippen molar-refractivity contribution in [3.63, 3.8) is 0 Å². The quantitative estimate of drug-likeness (QED) is 0.726. The van der Waals surface area contributed by atoms with Crippen LogP contribution in [0.15, 0.2) is 52.8 Å². The van der Waals surface area contributed by atoms with Crippen LogP contribution in [-0.2, 0) is 10.2 Å². The van der Waals surface area contributed by atoms with E-state index >= 15 is 0 Å². The molecule has 2 aliphatic rings. The number of allylic oxidation sites excluding steroid dienone is 3. The molecule has 7 heteroatoms. The van der Waals surface area contributed by atoms with Crippen molar-refractivity contribution >= 4 is 17.3 Å². The Kier molecular flexibility index (Phi) is 3.78. The molecule has 1 aromatic carbocycles. The van der Waals surface area contributed by atoms with Gasteiger partial charge in [-0.2, -0.15) is 18.3 Å². The highest BCUT2D eigenvalue weighted by Crippen LogP contribution is 2.46. The molecule has 0 unspecified atom stereocenters. The minimum Gasteiger partial charge on any atom is -0.347 e. The average Bonchev–Trinajstić information content (AvgIpc) is 2.92. The molecule has 0 saturated carbocycles. The number of hydrogen-bond acceptors (Lipinski definition) is 3. The molecule has 0 bridgehead atoms. The van der Waals surface area contributed by atoms with Crippen LogP contribution in [0.25, 0.3) is 0 Å². The summed E-state index contributed by atoms with van der Waals surface area (Å²) < 4.78 is 39.4. The molecule has 0 atom stereocenters. The zero-order valence-corrected chi connectivity index (χ0v) is 14.3. The van der Waals surface area contributed by atoms with E-state index in [0.717, 1.165) is 16.9 Å². The van der Waals surface area contributed by atoms with E-state index in [1.165, 1.54) is 13.1 Å². The van der Waals surface area contributed by atoms with Crippen molar-refractivity contribution < 1.29 is 18.0 Å². The van der Waals surface area contributed by atoms with E-state index in [9.17, 15) is 18.0 Å². The van der Waals surface area contributed by atoms with Gasteiger partial charge in [0.2, 0.25) is 0 Å². The van der Waals surface area contributed by atoms with Gasteiger partial charge in [-0.15, -0.1) is 0 Å². The van der Waals surface area contributed by atoms with Crippen molar-refractivity contribution in [1.82, 2.24) is 5.01 Å². The Hall–Kier alpha value is -2.57. The Morgan fingerprint density at radius 1 is 1.12 bits per heavy atom. The van der Waals surface area contributed by atoms with E-state index in [2.05, 4.69) is 5.10 Å². The fourth-order valence-corrected chi connectivity index (χ4v) is 3.35. The number of halogens is 3. The van der Waals surface area contributed by atoms with Crippen LogP contribution in [-0.4, -0.2) is 36.9 Å². The van der Waals surface area contributed by atoms with Crippen LogP contribution >= 0.6 is 0 Å². The Morgan fingerprint density at radius 2 is 1.76 bits per heavy atom. The fraction of sp³-hybridized carbons (Fsp3) is 0.333. The molecule has 3 rings (SSSR count). The number of benzene rings is 1. The number of likely N-dealkylation sites (N-methyl/N-ethyl adjacent to an activating group) is 2. The molecule has 4 nitrogen and oxygen atoms in total. The molecule has 0 N–H and O–H groups in total. The monoisotopic (exact) mass is 349 g/mol. The summed E-state index contributed by atoms with van der Waals surface area (Å²) in [5, 5.41) is 4.04. The molecule has 1 amide bonds. The molecule has 25 heavy (non-hydrogen) atoms. The summed E-state index contributed by atoms with van der Waals surface area (Å²) in [6, 6.07) is 7.80. The van der Waals surface area contributed by atoms with Gasteiger partial charge in [0.15, 0.2) is 5.71 Å². The number of carbonyl (C=O) groups excluding carboxylic acids is 1. The number of alkyl halides is 3. The second kappa shape index (κ2) is 5.47. The summed E-state index contributed by atoms with van der Waals surface area (Å²) in [5.74, 6) is -0.764. The molecule has 0 fully saturated rings. The third-order valence-electron chi connectivity index (χ3n) is 4.65. The topological polar surface area (TPSA) is 35.9 Å². The molecule has 0 radical (unpaired) electrons. The van der Waals surface area contributed by atoms with Crippen LogP contribution in [0.1, 0.15) is 19.4 Å². The van der Waals surface area contributed by atoms with Crippen molar-refractivity contribution in [2.75, 3.05) is 19.0 Å². The normalized spacial score (nSPS) is 22.8. The van der Waals surface area contributed by atoms with Crippen LogP contribution < -0.4 is 4.90 Å². The van der Waals surface area contributed by atoms with Crippen LogP contribution in [0, 0.1) is 0 Å². The third-order valence-corrected chi connectivity index (χ3v) is 4.65. The minimum atomic E-state index is -4.68. The molecule has 0 saturated heterocycles. The molecular formula is C18H18F3N3O. The third kappa shape index (κ3) is 2.63. The number of fused-ring (bicyclic) bond motifs is 1. The predicted molar refractivity (Wildman–Crippen MR) is 90.3 cm³/mol. The number of hydrazone groups is 1. The number of rotatable bonds is 1. The molecule has 0 aromatic heterocycles. The second-order valence-electron chi connectivity index (χ2n) is 6.61. The second-order valence-corrected chi connectivity index (χ2v) is 6.61. The Balaban J connectivity index is 2.06. The van der Waals surface area contributed by atoms with Gasteiger partial charge in [0.25, 0.3) is 5.91 Å². The van der Waals surface area contributed by atoms with Crippen molar-refractivity contribution in [1.29, 1.82) is 0 Å². The number of para-hydroxylation sites is 1. The van der Waals surface area contributed by atoms with Crippen molar-refractivity contribution in [3.8, 4) is 0 Å². The SMILES string of the molecule is CN1N=C(C(F)(F)F)/C(=C/C=C2/N(C)c3ccccc3C2(C)C)C1=O. The van der Waals surface area contributed by atoms with Gasteiger partial charge < -0.3 is 4.90 Å². The van der Waals surface area contributed by atoms with Crippen LogP contribution in [0.4, 0.5) is 18.9 Å².